The van der Waals surface area contributed by atoms with Crippen LogP contribution in [0.1, 0.15) is 29.6 Å². The zero-order chi connectivity index (χ0) is 13.7. The summed E-state index contributed by atoms with van der Waals surface area (Å²) < 4.78 is 12.8. The van der Waals surface area contributed by atoms with E-state index in [0.717, 1.165) is 39.0 Å². The van der Waals surface area contributed by atoms with Crippen LogP contribution >= 0.6 is 0 Å². The van der Waals surface area contributed by atoms with Gasteiger partial charge in [0.2, 0.25) is 0 Å². The average molecular weight is 264 g/mol. The van der Waals surface area contributed by atoms with Crippen LogP contribution in [0.25, 0.3) is 0 Å². The highest BCUT2D eigenvalue weighted by atomic mass is 19.1. The molecule has 1 aromatic carbocycles. The van der Waals surface area contributed by atoms with E-state index in [-0.39, 0.29) is 11.6 Å². The van der Waals surface area contributed by atoms with Crippen molar-refractivity contribution in [2.75, 3.05) is 26.2 Å². The Labute approximate surface area is 113 Å². The molecule has 104 valence electrons. The van der Waals surface area contributed by atoms with Crippen LogP contribution in [0.3, 0.4) is 0 Å². The molecule has 0 aliphatic carbocycles. The second-order valence-electron chi connectivity index (χ2n) is 5.20. The normalized spacial score (nSPS) is 17.6. The topological polar surface area (TPSA) is 46.3 Å². The number of rotatable bonds is 5. The Kier molecular flexibility index (Phi) is 5.05. The molecule has 1 fully saturated rings. The minimum Gasteiger partial charge on any atom is -0.330 e. The summed E-state index contributed by atoms with van der Waals surface area (Å²) in [5, 5.41) is 0. The maximum absolute atomic E-state index is 12.8. The number of Topliss-reactive ketones (excluding diaryl/α,β-unsaturated/α-hetero) is 1. The molecule has 0 atom stereocenters. The number of hydrogen-bond donors (Lipinski definition) is 1. The van der Waals surface area contributed by atoms with Crippen LogP contribution in [-0.2, 0) is 0 Å². The minimum atomic E-state index is -0.305. The molecule has 1 saturated heterocycles. The first-order valence-corrected chi connectivity index (χ1v) is 6.90. The van der Waals surface area contributed by atoms with Crippen LogP contribution in [0, 0.1) is 11.7 Å². The molecule has 0 radical (unpaired) electrons. The number of nitrogens with zero attached hydrogens (tertiary/aromatic N) is 1. The van der Waals surface area contributed by atoms with E-state index in [9.17, 15) is 9.18 Å². The molecule has 0 amide bonds. The van der Waals surface area contributed by atoms with Crippen molar-refractivity contribution in [3.63, 3.8) is 0 Å². The zero-order valence-electron chi connectivity index (χ0n) is 11.1. The molecule has 0 bridgehead atoms. The second kappa shape index (κ2) is 6.78. The maximum Gasteiger partial charge on any atom is 0.164 e. The van der Waals surface area contributed by atoms with Crippen molar-refractivity contribution in [2.24, 2.45) is 11.7 Å². The first-order valence-electron chi connectivity index (χ1n) is 6.90. The SMILES string of the molecule is NCC1CCN(CCC(=O)c2ccc(F)cc2)CC1. The third-order valence-electron chi connectivity index (χ3n) is 3.86. The molecule has 4 heteroatoms. The van der Waals surface area contributed by atoms with Crippen LogP contribution in [0.4, 0.5) is 4.39 Å². The largest absolute Gasteiger partial charge is 0.330 e. The van der Waals surface area contributed by atoms with Gasteiger partial charge >= 0.3 is 0 Å². The van der Waals surface area contributed by atoms with E-state index in [1.807, 2.05) is 0 Å². The molecule has 1 aliphatic rings. The van der Waals surface area contributed by atoms with E-state index in [2.05, 4.69) is 4.90 Å². The van der Waals surface area contributed by atoms with E-state index < -0.39 is 0 Å². The lowest BCUT2D eigenvalue weighted by atomic mass is 9.97. The fourth-order valence-electron chi connectivity index (χ4n) is 2.49. The number of hydrogen-bond acceptors (Lipinski definition) is 3. The van der Waals surface area contributed by atoms with Crippen molar-refractivity contribution in [2.45, 2.75) is 19.3 Å². The Bertz CT molecular complexity index is 411. The zero-order valence-corrected chi connectivity index (χ0v) is 11.1. The fourth-order valence-corrected chi connectivity index (χ4v) is 2.49. The number of halogens is 1. The van der Waals surface area contributed by atoms with Crippen LogP contribution in [0.2, 0.25) is 0 Å². The third kappa shape index (κ3) is 4.11. The Hall–Kier alpha value is -1.26. The van der Waals surface area contributed by atoms with Gasteiger partial charge in [0.25, 0.3) is 0 Å². The van der Waals surface area contributed by atoms with E-state index in [0.29, 0.717) is 17.9 Å². The monoisotopic (exact) mass is 264 g/mol. The molecule has 0 unspecified atom stereocenters. The molecule has 0 saturated carbocycles. The minimum absolute atomic E-state index is 0.0842. The first-order chi connectivity index (χ1) is 9.19. The van der Waals surface area contributed by atoms with Crippen molar-refractivity contribution in [3.05, 3.63) is 35.6 Å². The van der Waals surface area contributed by atoms with Gasteiger partial charge in [0, 0.05) is 18.5 Å². The van der Waals surface area contributed by atoms with Crippen LogP contribution in [-0.4, -0.2) is 36.9 Å². The third-order valence-corrected chi connectivity index (χ3v) is 3.86. The Morgan fingerprint density at radius 1 is 1.26 bits per heavy atom. The van der Waals surface area contributed by atoms with Crippen molar-refractivity contribution >= 4 is 5.78 Å². The number of nitrogens with two attached hydrogens (primary N) is 1. The van der Waals surface area contributed by atoms with Gasteiger partial charge in [-0.1, -0.05) is 0 Å². The van der Waals surface area contributed by atoms with Crippen LogP contribution < -0.4 is 5.73 Å². The highest BCUT2D eigenvalue weighted by Gasteiger charge is 2.18. The molecular formula is C15H21FN2O. The summed E-state index contributed by atoms with van der Waals surface area (Å²) in [5.74, 6) is 0.422. The van der Waals surface area contributed by atoms with Gasteiger partial charge < -0.3 is 10.6 Å². The fraction of sp³-hybridized carbons (Fsp3) is 0.533. The van der Waals surface area contributed by atoms with E-state index >= 15 is 0 Å². The number of piperidine rings is 1. The Balaban J connectivity index is 1.76. The van der Waals surface area contributed by atoms with Crippen LogP contribution in [0.15, 0.2) is 24.3 Å². The van der Waals surface area contributed by atoms with Crippen molar-refractivity contribution < 1.29 is 9.18 Å². The van der Waals surface area contributed by atoms with E-state index in [1.54, 1.807) is 12.1 Å². The molecule has 0 spiro atoms. The van der Waals surface area contributed by atoms with Gasteiger partial charge in [0.05, 0.1) is 0 Å². The predicted molar refractivity (Wildman–Crippen MR) is 73.6 cm³/mol. The van der Waals surface area contributed by atoms with Crippen molar-refractivity contribution in [1.29, 1.82) is 0 Å². The first kappa shape index (κ1) is 14.2. The van der Waals surface area contributed by atoms with Gasteiger partial charge in [-0.05, 0) is 62.7 Å². The molecule has 2 N–H and O–H groups in total. The second-order valence-corrected chi connectivity index (χ2v) is 5.20. The molecule has 19 heavy (non-hydrogen) atoms. The molecule has 3 nitrogen and oxygen atoms in total. The molecule has 2 rings (SSSR count). The number of ketones is 1. The highest BCUT2D eigenvalue weighted by molar-refractivity contribution is 5.96. The number of benzene rings is 1. The summed E-state index contributed by atoms with van der Waals surface area (Å²) in [7, 11) is 0. The lowest BCUT2D eigenvalue weighted by Crippen LogP contribution is -2.37. The summed E-state index contributed by atoms with van der Waals surface area (Å²) >= 11 is 0. The van der Waals surface area contributed by atoms with Gasteiger partial charge in [0.1, 0.15) is 5.82 Å². The van der Waals surface area contributed by atoms with Gasteiger partial charge in [-0.2, -0.15) is 0 Å². The summed E-state index contributed by atoms with van der Waals surface area (Å²) in [6, 6.07) is 5.77. The summed E-state index contributed by atoms with van der Waals surface area (Å²) in [4.78, 5) is 14.3. The summed E-state index contributed by atoms with van der Waals surface area (Å²) in [5.41, 5.74) is 6.25. The predicted octanol–water partition coefficient (Wildman–Crippen LogP) is 2.07. The van der Waals surface area contributed by atoms with Crippen molar-refractivity contribution in [1.82, 2.24) is 4.90 Å². The number of carbonyl (C=O) groups excluding carboxylic acids is 1. The molecule has 0 aromatic heterocycles. The quantitative estimate of drug-likeness (QED) is 0.828. The standard InChI is InChI=1S/C15H21FN2O/c16-14-3-1-13(2-4-14)15(19)7-10-18-8-5-12(11-17)6-9-18/h1-4,12H,5-11,17H2. The molecule has 1 aliphatic heterocycles. The lowest BCUT2D eigenvalue weighted by Gasteiger charge is -2.31. The van der Waals surface area contributed by atoms with Gasteiger partial charge in [-0.15, -0.1) is 0 Å². The van der Waals surface area contributed by atoms with E-state index in [4.69, 9.17) is 5.73 Å². The van der Waals surface area contributed by atoms with E-state index in [1.165, 1.54) is 12.1 Å². The molecular weight excluding hydrogens is 243 g/mol. The average Bonchev–Trinajstić information content (AvgIpc) is 2.46. The number of carbonyl (C=O) groups is 1. The maximum atomic E-state index is 12.8. The Morgan fingerprint density at radius 2 is 1.89 bits per heavy atom. The smallest absolute Gasteiger partial charge is 0.164 e. The van der Waals surface area contributed by atoms with Crippen molar-refractivity contribution in [3.8, 4) is 0 Å². The highest BCUT2D eigenvalue weighted by Crippen LogP contribution is 2.16. The summed E-state index contributed by atoms with van der Waals surface area (Å²) in [6.07, 6.45) is 2.75. The molecule has 1 aromatic rings. The lowest BCUT2D eigenvalue weighted by molar-refractivity contribution is 0.0951. The van der Waals surface area contributed by atoms with Gasteiger partial charge in [0.15, 0.2) is 5.78 Å². The number of likely N-dealkylation sites (tertiary alicyclic amines) is 1. The molecule has 1 heterocycles. The van der Waals surface area contributed by atoms with Gasteiger partial charge in [-0.25, -0.2) is 4.39 Å². The van der Waals surface area contributed by atoms with Crippen LogP contribution in [0.5, 0.6) is 0 Å². The van der Waals surface area contributed by atoms with Gasteiger partial charge in [-0.3, -0.25) is 4.79 Å². The summed E-state index contributed by atoms with van der Waals surface area (Å²) in [6.45, 7) is 3.60. The Morgan fingerprint density at radius 3 is 2.47 bits per heavy atom.